The van der Waals surface area contributed by atoms with E-state index in [1.54, 1.807) is 0 Å². The van der Waals surface area contributed by atoms with Gasteiger partial charge in [-0.05, 0) is 37.4 Å². The fourth-order valence-electron chi connectivity index (χ4n) is 3.23. The molecule has 116 valence electrons. The van der Waals surface area contributed by atoms with E-state index < -0.39 is 20.5 Å². The van der Waals surface area contributed by atoms with Crippen LogP contribution in [0.3, 0.4) is 0 Å². The van der Waals surface area contributed by atoms with Gasteiger partial charge in [0.15, 0.2) is 8.32 Å². The van der Waals surface area contributed by atoms with Crippen molar-refractivity contribution < 1.29 is 14.6 Å². The Labute approximate surface area is 124 Å². The predicted octanol–water partition coefficient (Wildman–Crippen LogP) is 3.23. The molecule has 0 radical (unpaired) electrons. The average Bonchev–Trinajstić information content (AvgIpc) is 2.55. The molecule has 0 aromatic heterocycles. The second-order valence-corrected chi connectivity index (χ2v) is 13.0. The van der Waals surface area contributed by atoms with Gasteiger partial charge in [-0.3, -0.25) is 0 Å². The first kappa shape index (κ1) is 16.2. The van der Waals surface area contributed by atoms with Crippen LogP contribution in [-0.4, -0.2) is 36.8 Å². The lowest BCUT2D eigenvalue weighted by Gasteiger charge is -2.45. The van der Waals surface area contributed by atoms with E-state index in [1.165, 1.54) is 5.57 Å². The van der Waals surface area contributed by atoms with Crippen LogP contribution in [-0.2, 0) is 4.43 Å². The second kappa shape index (κ2) is 4.94. The molecule has 0 bridgehead atoms. The molecule has 2 rings (SSSR count). The summed E-state index contributed by atoms with van der Waals surface area (Å²) in [7, 11) is -1.80. The highest BCUT2D eigenvalue weighted by Crippen LogP contribution is 2.52. The third kappa shape index (κ3) is 2.63. The van der Waals surface area contributed by atoms with Crippen molar-refractivity contribution in [3.63, 3.8) is 0 Å². The monoisotopic (exact) mass is 298 g/mol. The van der Waals surface area contributed by atoms with Crippen LogP contribution >= 0.6 is 0 Å². The molecule has 1 saturated carbocycles. The molecule has 0 heterocycles. The summed E-state index contributed by atoms with van der Waals surface area (Å²) in [4.78, 5) is 0. The van der Waals surface area contributed by atoms with Crippen molar-refractivity contribution in [2.24, 2.45) is 5.41 Å². The summed E-state index contributed by atoms with van der Waals surface area (Å²) in [5.74, 6) is 0. The number of rotatable bonds is 2. The quantitative estimate of drug-likeness (QED) is 0.608. The lowest BCUT2D eigenvalue weighted by atomic mass is 9.73. The van der Waals surface area contributed by atoms with Gasteiger partial charge < -0.3 is 14.6 Å². The number of fused-ring (bicyclic) bond motifs is 1. The Kier molecular flexibility index (Phi) is 4.00. The highest BCUT2D eigenvalue weighted by atomic mass is 28.4. The lowest BCUT2D eigenvalue weighted by molar-refractivity contribution is -0.0163. The predicted molar refractivity (Wildman–Crippen MR) is 84.1 cm³/mol. The molecule has 4 heteroatoms. The highest BCUT2D eigenvalue weighted by molar-refractivity contribution is 6.74. The molecule has 2 aliphatic carbocycles. The fourth-order valence-corrected chi connectivity index (χ4v) is 4.67. The molecule has 0 spiro atoms. The zero-order chi connectivity index (χ0) is 15.3. The third-order valence-corrected chi connectivity index (χ3v) is 10.2. The number of aliphatic hydroxyl groups excluding tert-OH is 2. The first-order valence-electron chi connectivity index (χ1n) is 7.72. The van der Waals surface area contributed by atoms with Crippen LogP contribution in [0.15, 0.2) is 11.6 Å². The van der Waals surface area contributed by atoms with Crippen molar-refractivity contribution >= 4 is 8.32 Å². The molecule has 1 fully saturated rings. The van der Waals surface area contributed by atoms with Gasteiger partial charge in [0.2, 0.25) is 0 Å². The minimum atomic E-state index is -1.80. The largest absolute Gasteiger partial charge is 0.413 e. The molecule has 0 amide bonds. The van der Waals surface area contributed by atoms with Crippen LogP contribution in [0.2, 0.25) is 18.1 Å². The first-order chi connectivity index (χ1) is 8.97. The smallest absolute Gasteiger partial charge is 0.192 e. The van der Waals surface area contributed by atoms with E-state index >= 15 is 0 Å². The maximum atomic E-state index is 10.0. The molecule has 3 nitrogen and oxygen atoms in total. The summed E-state index contributed by atoms with van der Waals surface area (Å²) in [6.45, 7) is 13.5. The molecular formula is C16H30O3Si. The van der Waals surface area contributed by atoms with Crippen LogP contribution in [0.1, 0.15) is 47.0 Å². The van der Waals surface area contributed by atoms with E-state index in [0.29, 0.717) is 6.42 Å². The van der Waals surface area contributed by atoms with Gasteiger partial charge in [0, 0.05) is 5.41 Å². The van der Waals surface area contributed by atoms with Crippen LogP contribution in [0.25, 0.3) is 0 Å². The number of hydrogen-bond donors (Lipinski definition) is 2. The van der Waals surface area contributed by atoms with Crippen molar-refractivity contribution in [1.82, 2.24) is 0 Å². The Balaban J connectivity index is 2.22. The summed E-state index contributed by atoms with van der Waals surface area (Å²) in [5, 5.41) is 20.1. The molecule has 2 unspecified atom stereocenters. The third-order valence-electron chi connectivity index (χ3n) is 5.76. The molecule has 20 heavy (non-hydrogen) atoms. The van der Waals surface area contributed by atoms with Crippen molar-refractivity contribution in [3.8, 4) is 0 Å². The summed E-state index contributed by atoms with van der Waals surface area (Å²) in [6, 6.07) is 0. The van der Waals surface area contributed by atoms with Crippen LogP contribution in [0.5, 0.6) is 0 Å². The van der Waals surface area contributed by atoms with Gasteiger partial charge in [-0.25, -0.2) is 0 Å². The Hall–Kier alpha value is -0.163. The van der Waals surface area contributed by atoms with Gasteiger partial charge in [-0.15, -0.1) is 0 Å². The molecule has 0 aliphatic heterocycles. The van der Waals surface area contributed by atoms with Crippen LogP contribution < -0.4 is 0 Å². The van der Waals surface area contributed by atoms with Gasteiger partial charge in [0.25, 0.3) is 0 Å². The molecule has 0 aromatic carbocycles. The van der Waals surface area contributed by atoms with E-state index in [2.05, 4.69) is 40.8 Å². The van der Waals surface area contributed by atoms with Crippen molar-refractivity contribution in [2.45, 2.75) is 83.4 Å². The summed E-state index contributed by atoms with van der Waals surface area (Å²) >= 11 is 0. The van der Waals surface area contributed by atoms with Crippen LogP contribution in [0.4, 0.5) is 0 Å². The first-order valence-corrected chi connectivity index (χ1v) is 10.6. The van der Waals surface area contributed by atoms with E-state index in [-0.39, 0.29) is 16.6 Å². The minimum Gasteiger partial charge on any atom is -0.413 e. The highest BCUT2D eigenvalue weighted by Gasteiger charge is 2.51. The minimum absolute atomic E-state index is 0.103. The van der Waals surface area contributed by atoms with Crippen molar-refractivity contribution in [1.29, 1.82) is 0 Å². The summed E-state index contributed by atoms with van der Waals surface area (Å²) < 4.78 is 6.62. The molecule has 4 atom stereocenters. The average molecular weight is 298 g/mol. The van der Waals surface area contributed by atoms with E-state index in [1.807, 2.05) is 6.08 Å². The Morgan fingerprint density at radius 3 is 2.45 bits per heavy atom. The summed E-state index contributed by atoms with van der Waals surface area (Å²) in [6.07, 6.45) is 3.28. The Morgan fingerprint density at radius 1 is 1.30 bits per heavy atom. The second-order valence-electron chi connectivity index (χ2n) is 8.28. The topological polar surface area (TPSA) is 49.7 Å². The Bertz CT molecular complexity index is 410. The van der Waals surface area contributed by atoms with Gasteiger partial charge in [0.05, 0.1) is 18.3 Å². The van der Waals surface area contributed by atoms with Crippen molar-refractivity contribution in [2.75, 3.05) is 0 Å². The number of aliphatic hydroxyl groups is 2. The van der Waals surface area contributed by atoms with E-state index in [9.17, 15) is 10.2 Å². The van der Waals surface area contributed by atoms with Gasteiger partial charge >= 0.3 is 0 Å². The normalized spacial score (nSPS) is 38.6. The SMILES string of the molecule is CC(C)(C)[Si](C)(C)O[C@H]1CCC2=CC(O)C(O)C[C@@]21C. The van der Waals surface area contributed by atoms with Gasteiger partial charge in [-0.2, -0.15) is 0 Å². The molecular weight excluding hydrogens is 268 g/mol. The Morgan fingerprint density at radius 2 is 1.90 bits per heavy atom. The standard InChI is InChI=1S/C16H30O3Si/c1-15(2,3)20(5,6)19-14-8-7-11-9-12(17)13(18)10-16(11,14)4/h9,12-14,17-18H,7-8,10H2,1-6H3/t12?,13?,14-,16-/m0/s1. The van der Waals surface area contributed by atoms with E-state index in [0.717, 1.165) is 12.8 Å². The van der Waals surface area contributed by atoms with Gasteiger partial charge in [0.1, 0.15) is 0 Å². The molecule has 2 aliphatic rings. The maximum absolute atomic E-state index is 10.0. The molecule has 0 aromatic rings. The lowest BCUT2D eigenvalue weighted by Crippen LogP contribution is -2.49. The van der Waals surface area contributed by atoms with Gasteiger partial charge in [-0.1, -0.05) is 39.3 Å². The van der Waals surface area contributed by atoms with Crippen molar-refractivity contribution in [3.05, 3.63) is 11.6 Å². The molecule has 2 N–H and O–H groups in total. The fraction of sp³-hybridized carbons (Fsp3) is 0.875. The zero-order valence-corrected chi connectivity index (χ0v) is 14.7. The summed E-state index contributed by atoms with van der Waals surface area (Å²) in [5.41, 5.74) is 1.17. The maximum Gasteiger partial charge on any atom is 0.192 e. The zero-order valence-electron chi connectivity index (χ0n) is 13.7. The number of hydrogen-bond acceptors (Lipinski definition) is 3. The van der Waals surface area contributed by atoms with Crippen LogP contribution in [0, 0.1) is 5.41 Å². The van der Waals surface area contributed by atoms with E-state index in [4.69, 9.17) is 4.43 Å². The molecule has 0 saturated heterocycles.